The van der Waals surface area contributed by atoms with Gasteiger partial charge in [-0.25, -0.2) is 0 Å². The number of piperidine rings is 1. The van der Waals surface area contributed by atoms with E-state index < -0.39 is 12.7 Å². The fraction of sp³-hybridized carbons (Fsp3) is 1.00. The van der Waals surface area contributed by atoms with Crippen LogP contribution in [-0.4, -0.2) is 66.8 Å². The second-order valence-electron chi connectivity index (χ2n) is 6.54. The first-order chi connectivity index (χ1) is 9.49. The number of likely N-dealkylation sites (tertiary alicyclic amines) is 2. The van der Waals surface area contributed by atoms with Crippen molar-refractivity contribution in [1.29, 1.82) is 0 Å². The van der Waals surface area contributed by atoms with E-state index in [9.17, 15) is 13.2 Å². The topological polar surface area (TPSA) is 18.5 Å². The molecule has 3 fully saturated rings. The normalized spacial score (nSPS) is 31.1. The summed E-state index contributed by atoms with van der Waals surface area (Å²) in [5.74, 6) is 0. The predicted molar refractivity (Wildman–Crippen MR) is 71.7 cm³/mol. The summed E-state index contributed by atoms with van der Waals surface area (Å²) in [6.45, 7) is 2.70. The van der Waals surface area contributed by atoms with Crippen LogP contribution in [0.5, 0.6) is 0 Å². The van der Waals surface area contributed by atoms with Crippen LogP contribution in [0.3, 0.4) is 0 Å². The van der Waals surface area contributed by atoms with Crippen molar-refractivity contribution >= 4 is 0 Å². The Morgan fingerprint density at radius 1 is 0.900 bits per heavy atom. The fourth-order valence-electron chi connectivity index (χ4n) is 3.54. The zero-order valence-electron chi connectivity index (χ0n) is 11.8. The van der Waals surface area contributed by atoms with Crippen molar-refractivity contribution in [3.05, 3.63) is 0 Å². The summed E-state index contributed by atoms with van der Waals surface area (Å²) in [6, 6.07) is 1.79. The highest BCUT2D eigenvalue weighted by Crippen LogP contribution is 2.30. The molecule has 3 aliphatic rings. The van der Waals surface area contributed by atoms with E-state index in [1.807, 2.05) is 0 Å². The smallest absolute Gasteiger partial charge is 0.310 e. The molecule has 2 aliphatic heterocycles. The average Bonchev–Trinajstić information content (AvgIpc) is 3.11. The molecule has 0 amide bonds. The minimum atomic E-state index is -4.06. The maximum absolute atomic E-state index is 12.3. The van der Waals surface area contributed by atoms with Crippen LogP contribution in [0.4, 0.5) is 13.2 Å². The van der Waals surface area contributed by atoms with Crippen LogP contribution in [0.1, 0.15) is 32.1 Å². The SMILES string of the molecule is FC(F)(F)CN1CCC(NC2CCN(C3CC3)C2)CC1. The predicted octanol–water partition coefficient (Wildman–Crippen LogP) is 1.84. The van der Waals surface area contributed by atoms with Gasteiger partial charge >= 0.3 is 6.18 Å². The van der Waals surface area contributed by atoms with Gasteiger partial charge in [0.25, 0.3) is 0 Å². The quantitative estimate of drug-likeness (QED) is 0.852. The molecular weight excluding hydrogens is 267 g/mol. The lowest BCUT2D eigenvalue weighted by atomic mass is 10.0. The lowest BCUT2D eigenvalue weighted by Gasteiger charge is -2.34. The third-order valence-corrected chi connectivity index (χ3v) is 4.74. The molecule has 0 bridgehead atoms. The maximum Gasteiger partial charge on any atom is 0.401 e. The monoisotopic (exact) mass is 291 g/mol. The molecule has 0 spiro atoms. The molecule has 3 nitrogen and oxygen atoms in total. The van der Waals surface area contributed by atoms with Gasteiger partial charge in [0.05, 0.1) is 6.54 Å². The number of nitrogens with zero attached hydrogens (tertiary/aromatic N) is 2. The van der Waals surface area contributed by atoms with E-state index in [-0.39, 0.29) is 0 Å². The van der Waals surface area contributed by atoms with Crippen molar-refractivity contribution in [1.82, 2.24) is 15.1 Å². The first-order valence-corrected chi connectivity index (χ1v) is 7.79. The highest BCUT2D eigenvalue weighted by atomic mass is 19.4. The Balaban J connectivity index is 1.36. The van der Waals surface area contributed by atoms with Gasteiger partial charge in [-0.2, -0.15) is 13.2 Å². The van der Waals surface area contributed by atoms with Gasteiger partial charge in [0.2, 0.25) is 0 Å². The lowest BCUT2D eigenvalue weighted by molar-refractivity contribution is -0.148. The molecule has 1 saturated carbocycles. The van der Waals surface area contributed by atoms with Crippen LogP contribution in [-0.2, 0) is 0 Å². The van der Waals surface area contributed by atoms with E-state index >= 15 is 0 Å². The second kappa shape index (κ2) is 5.81. The van der Waals surface area contributed by atoms with Gasteiger partial charge in [-0.1, -0.05) is 0 Å². The van der Waals surface area contributed by atoms with Gasteiger partial charge in [-0.15, -0.1) is 0 Å². The molecule has 0 aromatic heterocycles. The zero-order chi connectivity index (χ0) is 14.2. The van der Waals surface area contributed by atoms with E-state index in [2.05, 4.69) is 10.2 Å². The Kier molecular flexibility index (Phi) is 4.24. The van der Waals surface area contributed by atoms with Crippen LogP contribution in [0.15, 0.2) is 0 Å². The number of alkyl halides is 3. The molecule has 0 radical (unpaired) electrons. The average molecular weight is 291 g/mol. The molecule has 20 heavy (non-hydrogen) atoms. The van der Waals surface area contributed by atoms with Crippen LogP contribution < -0.4 is 5.32 Å². The number of nitrogens with one attached hydrogen (secondary N) is 1. The van der Waals surface area contributed by atoms with Crippen LogP contribution in [0.25, 0.3) is 0 Å². The molecular formula is C14H24F3N3. The van der Waals surface area contributed by atoms with Crippen LogP contribution in [0.2, 0.25) is 0 Å². The molecule has 6 heteroatoms. The van der Waals surface area contributed by atoms with Gasteiger partial charge in [0, 0.05) is 31.2 Å². The molecule has 2 saturated heterocycles. The van der Waals surface area contributed by atoms with Gasteiger partial charge in [-0.05, 0) is 45.2 Å². The first-order valence-electron chi connectivity index (χ1n) is 7.79. The zero-order valence-corrected chi connectivity index (χ0v) is 11.8. The fourth-order valence-corrected chi connectivity index (χ4v) is 3.54. The molecule has 3 rings (SSSR count). The highest BCUT2D eigenvalue weighted by molar-refractivity contribution is 4.93. The molecule has 0 aromatic rings. The van der Waals surface area contributed by atoms with Gasteiger partial charge < -0.3 is 5.32 Å². The minimum Gasteiger partial charge on any atom is -0.310 e. The largest absolute Gasteiger partial charge is 0.401 e. The molecule has 1 unspecified atom stereocenters. The standard InChI is InChI=1S/C14H24F3N3/c15-14(16,17)10-19-6-3-11(4-7-19)18-12-5-8-20(9-12)13-1-2-13/h11-13,18H,1-10H2. The molecule has 116 valence electrons. The second-order valence-corrected chi connectivity index (χ2v) is 6.54. The van der Waals surface area contributed by atoms with Crippen molar-refractivity contribution in [3.8, 4) is 0 Å². The van der Waals surface area contributed by atoms with Crippen LogP contribution in [0, 0.1) is 0 Å². The summed E-state index contributed by atoms with van der Waals surface area (Å²) < 4.78 is 37.0. The summed E-state index contributed by atoms with van der Waals surface area (Å²) >= 11 is 0. The Morgan fingerprint density at radius 3 is 2.15 bits per heavy atom. The lowest BCUT2D eigenvalue weighted by Crippen LogP contribution is -2.48. The summed E-state index contributed by atoms with van der Waals surface area (Å²) in [7, 11) is 0. The number of hydrogen-bond acceptors (Lipinski definition) is 3. The molecule has 0 aromatic carbocycles. The minimum absolute atomic E-state index is 0.406. The maximum atomic E-state index is 12.3. The van der Waals surface area contributed by atoms with Crippen LogP contribution >= 0.6 is 0 Å². The van der Waals surface area contributed by atoms with Crippen molar-refractivity contribution < 1.29 is 13.2 Å². The third-order valence-electron chi connectivity index (χ3n) is 4.74. The van der Waals surface area contributed by atoms with Crippen molar-refractivity contribution in [3.63, 3.8) is 0 Å². The molecule has 1 N–H and O–H groups in total. The Morgan fingerprint density at radius 2 is 1.55 bits per heavy atom. The van der Waals surface area contributed by atoms with Gasteiger partial charge in [-0.3, -0.25) is 9.80 Å². The molecule has 1 aliphatic carbocycles. The van der Waals surface area contributed by atoms with Gasteiger partial charge in [0.15, 0.2) is 0 Å². The Labute approximate surface area is 118 Å². The van der Waals surface area contributed by atoms with E-state index in [4.69, 9.17) is 0 Å². The Hall–Kier alpha value is -0.330. The number of hydrogen-bond donors (Lipinski definition) is 1. The summed E-state index contributed by atoms with van der Waals surface area (Å²) in [4.78, 5) is 4.10. The van der Waals surface area contributed by atoms with Gasteiger partial charge in [0.1, 0.15) is 0 Å². The summed E-state index contributed by atoms with van der Waals surface area (Å²) in [5, 5.41) is 3.66. The third kappa shape index (κ3) is 4.09. The van der Waals surface area contributed by atoms with E-state index in [0.29, 0.717) is 25.2 Å². The van der Waals surface area contributed by atoms with Crippen molar-refractivity contribution in [2.75, 3.05) is 32.7 Å². The molecule has 2 heterocycles. The Bertz CT molecular complexity index is 322. The van der Waals surface area contributed by atoms with Crippen molar-refractivity contribution in [2.45, 2.75) is 56.4 Å². The van der Waals surface area contributed by atoms with E-state index in [1.165, 1.54) is 30.7 Å². The summed E-state index contributed by atoms with van der Waals surface area (Å²) in [6.07, 6.45) is 1.52. The first kappa shape index (κ1) is 14.6. The number of halogens is 3. The van der Waals surface area contributed by atoms with E-state index in [0.717, 1.165) is 25.4 Å². The highest BCUT2D eigenvalue weighted by Gasteiger charge is 2.36. The van der Waals surface area contributed by atoms with E-state index in [1.54, 1.807) is 0 Å². The molecule has 1 atom stereocenters. The van der Waals surface area contributed by atoms with Crippen molar-refractivity contribution in [2.24, 2.45) is 0 Å². The summed E-state index contributed by atoms with van der Waals surface area (Å²) in [5.41, 5.74) is 0. The number of rotatable bonds is 4.